The largest absolute Gasteiger partial charge is 0.480 e. The quantitative estimate of drug-likeness (QED) is 0.702. The zero-order chi connectivity index (χ0) is 10.9. The Kier molecular flexibility index (Phi) is 2.69. The number of nitrogens with one attached hydrogen (secondary N) is 1. The molecule has 14 heavy (non-hydrogen) atoms. The summed E-state index contributed by atoms with van der Waals surface area (Å²) in [7, 11) is 1.49. The van der Waals surface area contributed by atoms with Crippen LogP contribution in [0.2, 0.25) is 0 Å². The van der Waals surface area contributed by atoms with Crippen molar-refractivity contribution in [1.82, 2.24) is 10.2 Å². The van der Waals surface area contributed by atoms with Gasteiger partial charge in [0.2, 0.25) is 0 Å². The minimum Gasteiger partial charge on any atom is -0.480 e. The van der Waals surface area contributed by atoms with Gasteiger partial charge in [0.1, 0.15) is 6.04 Å². The lowest BCUT2D eigenvalue weighted by molar-refractivity contribution is -0.141. The second-order valence-corrected chi connectivity index (χ2v) is 4.12. The van der Waals surface area contributed by atoms with Gasteiger partial charge in [-0.1, -0.05) is 0 Å². The molecule has 1 atom stereocenters. The maximum atomic E-state index is 11.5. The molecule has 1 saturated carbocycles. The van der Waals surface area contributed by atoms with Gasteiger partial charge in [-0.3, -0.25) is 0 Å². The predicted octanol–water partition coefficient (Wildman–Crippen LogP) is 0.653. The molecule has 0 aromatic rings. The van der Waals surface area contributed by atoms with Gasteiger partial charge in [0, 0.05) is 12.6 Å². The van der Waals surface area contributed by atoms with Gasteiger partial charge in [0.25, 0.3) is 0 Å². The van der Waals surface area contributed by atoms with Crippen molar-refractivity contribution < 1.29 is 14.7 Å². The molecule has 1 unspecified atom stereocenters. The van der Waals surface area contributed by atoms with Crippen molar-refractivity contribution in [3.05, 3.63) is 0 Å². The third-order valence-corrected chi connectivity index (χ3v) is 2.67. The smallest absolute Gasteiger partial charge is 0.326 e. The summed E-state index contributed by atoms with van der Waals surface area (Å²) in [5, 5.41) is 11.5. The molecule has 0 heterocycles. The lowest BCUT2D eigenvalue weighted by atomic mass is 10.3. The van der Waals surface area contributed by atoms with E-state index in [0.29, 0.717) is 0 Å². The van der Waals surface area contributed by atoms with Crippen molar-refractivity contribution in [2.75, 3.05) is 7.05 Å². The first-order valence-electron chi connectivity index (χ1n) is 4.63. The Labute approximate surface area is 83.1 Å². The maximum absolute atomic E-state index is 11.5. The minimum absolute atomic E-state index is 0.108. The number of carbonyl (C=O) groups is 2. The number of aliphatic carboxylic acids is 1. The van der Waals surface area contributed by atoms with E-state index in [1.807, 2.05) is 6.92 Å². The highest BCUT2D eigenvalue weighted by Gasteiger charge is 2.40. The molecule has 0 spiro atoms. The molecule has 5 nitrogen and oxygen atoms in total. The number of urea groups is 1. The van der Waals surface area contributed by atoms with E-state index in [2.05, 4.69) is 5.32 Å². The van der Waals surface area contributed by atoms with Gasteiger partial charge in [0.05, 0.1) is 0 Å². The molecule has 5 heteroatoms. The minimum atomic E-state index is -0.997. The summed E-state index contributed by atoms with van der Waals surface area (Å²) >= 11 is 0. The second-order valence-electron chi connectivity index (χ2n) is 4.12. The standard InChI is InChI=1S/C9H16N2O3/c1-6(7(12)13)11(3)8(14)10-9(2)4-5-9/h6H,4-5H2,1-3H3,(H,10,14)(H,12,13). The molecule has 1 fully saturated rings. The van der Waals surface area contributed by atoms with Gasteiger partial charge in [0.15, 0.2) is 0 Å². The van der Waals surface area contributed by atoms with Crippen molar-refractivity contribution in [2.45, 2.75) is 38.3 Å². The van der Waals surface area contributed by atoms with Crippen LogP contribution < -0.4 is 5.32 Å². The van der Waals surface area contributed by atoms with Crippen molar-refractivity contribution in [2.24, 2.45) is 0 Å². The number of rotatable bonds is 3. The number of carboxylic acid groups (broad SMARTS) is 1. The maximum Gasteiger partial charge on any atom is 0.326 e. The van der Waals surface area contributed by atoms with E-state index in [1.165, 1.54) is 18.9 Å². The Balaban J connectivity index is 2.47. The molecular weight excluding hydrogens is 184 g/mol. The molecule has 0 aromatic carbocycles. The molecule has 0 saturated heterocycles. The van der Waals surface area contributed by atoms with Crippen molar-refractivity contribution in [3.63, 3.8) is 0 Å². The monoisotopic (exact) mass is 200 g/mol. The fourth-order valence-corrected chi connectivity index (χ4v) is 1.00. The average Bonchev–Trinajstić information content (AvgIpc) is 2.80. The number of nitrogens with zero attached hydrogens (tertiary/aromatic N) is 1. The zero-order valence-electron chi connectivity index (χ0n) is 8.70. The first-order valence-corrected chi connectivity index (χ1v) is 4.63. The van der Waals surface area contributed by atoms with Crippen LogP contribution in [0.3, 0.4) is 0 Å². The van der Waals surface area contributed by atoms with Crippen LogP contribution in [-0.4, -0.2) is 40.6 Å². The number of likely N-dealkylation sites (N-methyl/N-ethyl adjacent to an activating group) is 1. The predicted molar refractivity (Wildman–Crippen MR) is 51.0 cm³/mol. The first kappa shape index (κ1) is 10.8. The number of carbonyl (C=O) groups excluding carboxylic acids is 1. The first-order chi connectivity index (χ1) is 6.36. The molecule has 1 rings (SSSR count). The molecule has 2 N–H and O–H groups in total. The van der Waals surface area contributed by atoms with Crippen LogP contribution in [-0.2, 0) is 4.79 Å². The molecular formula is C9H16N2O3. The van der Waals surface area contributed by atoms with Gasteiger partial charge >= 0.3 is 12.0 Å². The zero-order valence-corrected chi connectivity index (χ0v) is 8.70. The van der Waals surface area contributed by atoms with E-state index in [4.69, 9.17) is 5.11 Å². The van der Waals surface area contributed by atoms with Gasteiger partial charge in [-0.15, -0.1) is 0 Å². The molecule has 80 valence electrons. The van der Waals surface area contributed by atoms with Crippen LogP contribution in [0.5, 0.6) is 0 Å². The van der Waals surface area contributed by atoms with Gasteiger partial charge in [-0.25, -0.2) is 9.59 Å². The Bertz CT molecular complexity index is 261. The van der Waals surface area contributed by atoms with Crippen molar-refractivity contribution in [1.29, 1.82) is 0 Å². The number of hydrogen-bond donors (Lipinski definition) is 2. The van der Waals surface area contributed by atoms with E-state index in [-0.39, 0.29) is 11.6 Å². The SMILES string of the molecule is CC(C(=O)O)N(C)C(=O)NC1(C)CC1. The molecule has 0 aromatic heterocycles. The molecule has 0 aliphatic heterocycles. The van der Waals surface area contributed by atoms with Gasteiger partial charge in [-0.05, 0) is 26.7 Å². The Morgan fingerprint density at radius 1 is 1.50 bits per heavy atom. The van der Waals surface area contributed by atoms with Crippen LogP contribution in [0, 0.1) is 0 Å². The lowest BCUT2D eigenvalue weighted by Gasteiger charge is -2.24. The van der Waals surface area contributed by atoms with Gasteiger partial charge < -0.3 is 15.3 Å². The lowest BCUT2D eigenvalue weighted by Crippen LogP contribution is -2.49. The number of hydrogen-bond acceptors (Lipinski definition) is 2. The van der Waals surface area contributed by atoms with E-state index < -0.39 is 12.0 Å². The van der Waals surface area contributed by atoms with E-state index in [0.717, 1.165) is 12.8 Å². The molecule has 2 amide bonds. The van der Waals surface area contributed by atoms with E-state index in [1.54, 1.807) is 0 Å². The fourth-order valence-electron chi connectivity index (χ4n) is 1.00. The van der Waals surface area contributed by atoms with E-state index in [9.17, 15) is 9.59 Å². The van der Waals surface area contributed by atoms with Crippen LogP contribution in [0.4, 0.5) is 4.79 Å². The second kappa shape index (κ2) is 3.48. The highest BCUT2D eigenvalue weighted by Crippen LogP contribution is 2.34. The molecule has 0 bridgehead atoms. The summed E-state index contributed by atoms with van der Waals surface area (Å²) in [6.07, 6.45) is 1.93. The fraction of sp³-hybridized carbons (Fsp3) is 0.778. The van der Waals surface area contributed by atoms with Crippen LogP contribution >= 0.6 is 0 Å². The van der Waals surface area contributed by atoms with E-state index >= 15 is 0 Å². The summed E-state index contributed by atoms with van der Waals surface area (Å²) in [5.41, 5.74) is -0.108. The summed E-state index contributed by atoms with van der Waals surface area (Å²) < 4.78 is 0. The van der Waals surface area contributed by atoms with Crippen molar-refractivity contribution in [3.8, 4) is 0 Å². The summed E-state index contributed by atoms with van der Waals surface area (Å²) in [5.74, 6) is -0.997. The summed E-state index contributed by atoms with van der Waals surface area (Å²) in [6.45, 7) is 3.43. The van der Waals surface area contributed by atoms with Crippen molar-refractivity contribution >= 4 is 12.0 Å². The molecule has 0 radical (unpaired) electrons. The highest BCUT2D eigenvalue weighted by molar-refractivity contribution is 5.82. The Morgan fingerprint density at radius 3 is 2.36 bits per heavy atom. The molecule has 1 aliphatic carbocycles. The Hall–Kier alpha value is -1.26. The summed E-state index contributed by atoms with van der Waals surface area (Å²) in [6, 6.07) is -1.11. The van der Waals surface area contributed by atoms with Crippen LogP contribution in [0.25, 0.3) is 0 Å². The third-order valence-electron chi connectivity index (χ3n) is 2.67. The topological polar surface area (TPSA) is 69.6 Å². The number of amides is 2. The van der Waals surface area contributed by atoms with Crippen LogP contribution in [0.15, 0.2) is 0 Å². The average molecular weight is 200 g/mol. The Morgan fingerprint density at radius 2 is 2.00 bits per heavy atom. The summed E-state index contributed by atoms with van der Waals surface area (Å²) in [4.78, 5) is 23.3. The third kappa shape index (κ3) is 2.37. The van der Waals surface area contributed by atoms with Gasteiger partial charge in [-0.2, -0.15) is 0 Å². The van der Waals surface area contributed by atoms with Crippen LogP contribution in [0.1, 0.15) is 26.7 Å². The molecule has 1 aliphatic rings. The normalized spacial score (nSPS) is 19.6. The number of carboxylic acids is 1. The highest BCUT2D eigenvalue weighted by atomic mass is 16.4.